The third kappa shape index (κ3) is 33.1. The van der Waals surface area contributed by atoms with E-state index in [2.05, 4.69) is 31.3 Å². The number of amides is 1. The van der Waals surface area contributed by atoms with Gasteiger partial charge in [-0.05, 0) is 32.1 Å². The molecule has 3 heterocycles. The zero-order chi connectivity index (χ0) is 63.3. The van der Waals surface area contributed by atoms with Gasteiger partial charge in [-0.2, -0.15) is 0 Å². The van der Waals surface area contributed by atoms with Gasteiger partial charge in [0.2, 0.25) is 5.91 Å². The van der Waals surface area contributed by atoms with Crippen LogP contribution < -0.4 is 5.32 Å². The fraction of sp³-hybridized carbons (Fsp3) is 0.926. The van der Waals surface area contributed by atoms with Gasteiger partial charge in [0.1, 0.15) is 73.2 Å². The SMILES string of the molecule is CCCCCCCCCCCCCCCCC/C=C/CC/C=C/C(O)C(COC1OC(CO)C(OC2OC(CO)C(OC3OC(CO)C(O)C(O)C3O)C(O)C2O)C(O)C1O)NC(=O)CCCCCCCCCCCCCCCCCCCCCCC. The van der Waals surface area contributed by atoms with Crippen LogP contribution in [0.4, 0.5) is 0 Å². The molecule has 0 bridgehead atoms. The van der Waals surface area contributed by atoms with Crippen molar-refractivity contribution in [3.63, 3.8) is 0 Å². The summed E-state index contributed by atoms with van der Waals surface area (Å²) in [5, 5.41) is 120. The van der Waals surface area contributed by atoms with Crippen molar-refractivity contribution in [2.45, 2.75) is 375 Å². The summed E-state index contributed by atoms with van der Waals surface area (Å²) in [5.74, 6) is -0.280. The topological polar surface area (TPSA) is 307 Å². The molecule has 3 fully saturated rings. The lowest BCUT2D eigenvalue weighted by Crippen LogP contribution is -2.66. The van der Waals surface area contributed by atoms with Crippen LogP contribution in [-0.2, 0) is 33.2 Å². The number of hydrogen-bond donors (Lipinski definition) is 12. The van der Waals surface area contributed by atoms with Gasteiger partial charge < -0.3 is 89.9 Å². The molecule has 1 amide bonds. The molecule has 17 atom stereocenters. The summed E-state index contributed by atoms with van der Waals surface area (Å²) in [4.78, 5) is 13.4. The number of carbonyl (C=O) groups excluding carboxylic acids is 1. The van der Waals surface area contributed by atoms with Crippen molar-refractivity contribution in [2.24, 2.45) is 0 Å². The third-order valence-electron chi connectivity index (χ3n) is 17.8. The zero-order valence-corrected chi connectivity index (χ0v) is 54.0. The number of hydrogen-bond acceptors (Lipinski definition) is 18. The van der Waals surface area contributed by atoms with Crippen LogP contribution in [0.2, 0.25) is 0 Å². The monoisotopic (exact) mass is 1250 g/mol. The lowest BCUT2D eigenvalue weighted by Gasteiger charge is -2.48. The first-order valence-electron chi connectivity index (χ1n) is 35.1. The Hall–Kier alpha value is -1.73. The van der Waals surface area contributed by atoms with E-state index >= 15 is 0 Å². The summed E-state index contributed by atoms with van der Waals surface area (Å²) < 4.78 is 34.3. The Morgan fingerprint density at radius 3 is 1.15 bits per heavy atom. The maximum atomic E-state index is 13.4. The van der Waals surface area contributed by atoms with Crippen LogP contribution in [0, 0.1) is 0 Å². The van der Waals surface area contributed by atoms with E-state index in [1.54, 1.807) is 6.08 Å². The minimum absolute atomic E-state index is 0.241. The Kier molecular flexibility index (Phi) is 46.4. The molecule has 0 aromatic carbocycles. The highest BCUT2D eigenvalue weighted by Crippen LogP contribution is 2.33. The van der Waals surface area contributed by atoms with Crippen molar-refractivity contribution >= 4 is 5.91 Å². The number of ether oxygens (including phenoxy) is 6. The van der Waals surface area contributed by atoms with Gasteiger partial charge in [-0.15, -0.1) is 0 Å². The summed E-state index contributed by atoms with van der Waals surface area (Å²) in [5.41, 5.74) is 0. The lowest BCUT2D eigenvalue weighted by molar-refractivity contribution is -0.379. The lowest BCUT2D eigenvalue weighted by atomic mass is 9.96. The number of rotatable bonds is 54. The highest BCUT2D eigenvalue weighted by atomic mass is 16.8. The fourth-order valence-corrected chi connectivity index (χ4v) is 12.0. The molecule has 0 spiro atoms. The highest BCUT2D eigenvalue weighted by Gasteiger charge is 2.53. The van der Waals surface area contributed by atoms with Gasteiger partial charge in [-0.25, -0.2) is 0 Å². The van der Waals surface area contributed by atoms with Gasteiger partial charge in [0, 0.05) is 6.42 Å². The van der Waals surface area contributed by atoms with Crippen molar-refractivity contribution in [3.8, 4) is 0 Å². The van der Waals surface area contributed by atoms with Crippen LogP contribution in [0.15, 0.2) is 24.3 Å². The highest BCUT2D eigenvalue weighted by molar-refractivity contribution is 5.76. The van der Waals surface area contributed by atoms with Crippen LogP contribution in [0.3, 0.4) is 0 Å². The molecule has 87 heavy (non-hydrogen) atoms. The number of carbonyl (C=O) groups is 1. The summed E-state index contributed by atoms with van der Waals surface area (Å²) in [7, 11) is 0. The molecular formula is C68H127NO18. The number of aliphatic hydroxyl groups is 11. The van der Waals surface area contributed by atoms with E-state index in [1.807, 2.05) is 6.08 Å². The first-order chi connectivity index (χ1) is 42.3. The van der Waals surface area contributed by atoms with Crippen molar-refractivity contribution in [1.29, 1.82) is 0 Å². The average molecular weight is 1250 g/mol. The molecule has 17 unspecified atom stereocenters. The Labute approximate surface area is 524 Å². The Morgan fingerprint density at radius 2 is 0.736 bits per heavy atom. The molecule has 19 nitrogen and oxygen atoms in total. The number of nitrogens with one attached hydrogen (secondary N) is 1. The summed E-state index contributed by atoms with van der Waals surface area (Å²) >= 11 is 0. The molecule has 0 saturated carbocycles. The largest absolute Gasteiger partial charge is 0.394 e. The van der Waals surface area contributed by atoms with Gasteiger partial charge in [-0.3, -0.25) is 4.79 Å². The van der Waals surface area contributed by atoms with E-state index in [-0.39, 0.29) is 18.9 Å². The molecule has 0 aromatic heterocycles. The third-order valence-corrected chi connectivity index (χ3v) is 17.8. The number of allylic oxidation sites excluding steroid dienone is 3. The molecule has 3 rings (SSSR count). The van der Waals surface area contributed by atoms with Crippen LogP contribution in [0.5, 0.6) is 0 Å². The van der Waals surface area contributed by atoms with E-state index in [0.717, 1.165) is 38.5 Å². The second kappa shape index (κ2) is 50.8. The van der Waals surface area contributed by atoms with Crippen molar-refractivity contribution in [1.82, 2.24) is 5.32 Å². The Morgan fingerprint density at radius 1 is 0.402 bits per heavy atom. The van der Waals surface area contributed by atoms with E-state index in [4.69, 9.17) is 28.4 Å². The molecule has 512 valence electrons. The zero-order valence-electron chi connectivity index (χ0n) is 54.0. The smallest absolute Gasteiger partial charge is 0.220 e. The van der Waals surface area contributed by atoms with Crippen molar-refractivity contribution < 1.29 is 89.4 Å². The molecule has 12 N–H and O–H groups in total. The molecule has 19 heteroatoms. The summed E-state index contributed by atoms with van der Waals surface area (Å²) in [6.07, 6.45) is 30.1. The first-order valence-corrected chi connectivity index (χ1v) is 35.1. The van der Waals surface area contributed by atoms with Crippen LogP contribution in [0.25, 0.3) is 0 Å². The fourth-order valence-electron chi connectivity index (χ4n) is 12.0. The Bertz CT molecular complexity index is 1680. The van der Waals surface area contributed by atoms with Crippen molar-refractivity contribution in [2.75, 3.05) is 26.4 Å². The predicted molar refractivity (Wildman–Crippen MR) is 337 cm³/mol. The van der Waals surface area contributed by atoms with Gasteiger partial charge in [-0.1, -0.05) is 256 Å². The maximum Gasteiger partial charge on any atom is 0.220 e. The van der Waals surface area contributed by atoms with Gasteiger partial charge in [0.05, 0.1) is 38.6 Å². The average Bonchev–Trinajstić information content (AvgIpc) is 2.37. The van der Waals surface area contributed by atoms with Gasteiger partial charge >= 0.3 is 0 Å². The summed E-state index contributed by atoms with van der Waals surface area (Å²) in [6, 6.07) is -0.986. The minimum atomic E-state index is -1.98. The minimum Gasteiger partial charge on any atom is -0.394 e. The number of unbranched alkanes of at least 4 members (excludes halogenated alkanes) is 36. The standard InChI is InChI=1S/C68H127NO18/c1-3-5-7-9-11-13-15-17-19-21-23-25-27-29-31-33-35-37-39-41-43-45-52(73)51(69-56(74)46-44-42-40-38-36-34-32-30-28-26-24-22-20-18-16-14-12-10-8-6-4-2)50-82-66-62(80)59(77)64(54(48-71)84-66)87-68-63(81)60(78)65(55(49-72)85-68)86-67-61(79)58(76)57(75)53(47-70)83-67/h35,37,43,45,51-55,57-68,70-73,75-81H,3-34,36,38-42,44,46-50H2,1-2H3,(H,69,74)/b37-35+,45-43+. The van der Waals surface area contributed by atoms with E-state index in [0.29, 0.717) is 12.8 Å². The van der Waals surface area contributed by atoms with Crippen LogP contribution in [0.1, 0.15) is 271 Å². The molecule has 3 aliphatic rings. The maximum absolute atomic E-state index is 13.4. The molecule has 3 aliphatic heterocycles. The van der Waals surface area contributed by atoms with E-state index in [1.165, 1.54) is 199 Å². The molecule has 0 radical (unpaired) electrons. The van der Waals surface area contributed by atoms with Crippen molar-refractivity contribution in [3.05, 3.63) is 24.3 Å². The molecule has 3 saturated heterocycles. The van der Waals surface area contributed by atoms with Gasteiger partial charge in [0.15, 0.2) is 18.9 Å². The second-order valence-corrected chi connectivity index (χ2v) is 25.3. The molecular weight excluding hydrogens is 1120 g/mol. The molecule has 0 aliphatic carbocycles. The Balaban J connectivity index is 1.45. The second-order valence-electron chi connectivity index (χ2n) is 25.3. The van der Waals surface area contributed by atoms with Gasteiger partial charge in [0.25, 0.3) is 0 Å². The first kappa shape index (κ1) is 79.5. The summed E-state index contributed by atoms with van der Waals surface area (Å²) in [6.45, 7) is 1.75. The van der Waals surface area contributed by atoms with Crippen LogP contribution in [-0.4, -0.2) is 193 Å². The predicted octanol–water partition coefficient (Wildman–Crippen LogP) is 9.05. The van der Waals surface area contributed by atoms with E-state index < -0.39 is 124 Å². The van der Waals surface area contributed by atoms with E-state index in [9.17, 15) is 61.0 Å². The quantitative estimate of drug-likeness (QED) is 0.0200. The number of aliphatic hydroxyl groups excluding tert-OH is 11. The molecule has 0 aromatic rings. The normalized spacial score (nSPS) is 28.7. The van der Waals surface area contributed by atoms with Crippen LogP contribution >= 0.6 is 0 Å².